The predicted octanol–water partition coefficient (Wildman–Crippen LogP) is 4.46. The first kappa shape index (κ1) is 15.1. The van der Waals surface area contributed by atoms with Crippen LogP contribution in [0.3, 0.4) is 0 Å². The van der Waals surface area contributed by atoms with Crippen molar-refractivity contribution in [3.05, 3.63) is 11.6 Å². The maximum absolute atomic E-state index is 5.86. The first-order valence-electron chi connectivity index (χ1n) is 8.55. The molecule has 0 saturated heterocycles. The van der Waals surface area contributed by atoms with Crippen molar-refractivity contribution in [2.45, 2.75) is 89.5 Å². The summed E-state index contributed by atoms with van der Waals surface area (Å²) < 4.78 is 0. The highest BCUT2D eigenvalue weighted by molar-refractivity contribution is 5.11. The Balaban J connectivity index is 1.89. The third-order valence-corrected chi connectivity index (χ3v) is 5.02. The van der Waals surface area contributed by atoms with Gasteiger partial charge in [-0.05, 0) is 38.0 Å². The highest BCUT2D eigenvalue weighted by Gasteiger charge is 2.20. The minimum atomic E-state index is 0.446. The molecule has 110 valence electrons. The summed E-state index contributed by atoms with van der Waals surface area (Å²) in [5.41, 5.74) is 4.72. The Kier molecular flexibility index (Phi) is 6.94. The van der Waals surface area contributed by atoms with Gasteiger partial charge in [-0.15, -0.1) is 0 Å². The number of allylic oxidation sites excluding steroid dienone is 1. The van der Waals surface area contributed by atoms with Gasteiger partial charge >= 0.3 is 0 Å². The Morgan fingerprint density at radius 3 is 2.42 bits per heavy atom. The van der Waals surface area contributed by atoms with Crippen LogP contribution < -0.4 is 11.3 Å². The van der Waals surface area contributed by atoms with E-state index in [2.05, 4.69) is 11.5 Å². The van der Waals surface area contributed by atoms with E-state index in [4.69, 9.17) is 5.84 Å². The molecule has 1 atom stereocenters. The first-order valence-corrected chi connectivity index (χ1v) is 8.55. The molecule has 0 bridgehead atoms. The van der Waals surface area contributed by atoms with Crippen LogP contribution in [0, 0.1) is 5.92 Å². The summed E-state index contributed by atoms with van der Waals surface area (Å²) >= 11 is 0. The minimum Gasteiger partial charge on any atom is -0.271 e. The minimum absolute atomic E-state index is 0.446. The summed E-state index contributed by atoms with van der Waals surface area (Å²) in [6, 6.07) is 0.446. The second-order valence-electron chi connectivity index (χ2n) is 6.54. The van der Waals surface area contributed by atoms with Crippen molar-refractivity contribution in [1.29, 1.82) is 0 Å². The Morgan fingerprint density at radius 1 is 1.00 bits per heavy atom. The van der Waals surface area contributed by atoms with Gasteiger partial charge in [-0.25, -0.2) is 0 Å². The van der Waals surface area contributed by atoms with Crippen LogP contribution >= 0.6 is 0 Å². The lowest BCUT2D eigenvalue weighted by Gasteiger charge is -2.25. The number of rotatable bonds is 4. The first-order chi connectivity index (χ1) is 9.40. The van der Waals surface area contributed by atoms with Gasteiger partial charge in [-0.2, -0.15) is 0 Å². The van der Waals surface area contributed by atoms with Crippen molar-refractivity contribution < 1.29 is 0 Å². The van der Waals surface area contributed by atoms with Crippen LogP contribution in [0.5, 0.6) is 0 Å². The quantitative estimate of drug-likeness (QED) is 0.340. The molecule has 0 heterocycles. The fourth-order valence-corrected chi connectivity index (χ4v) is 3.79. The molecule has 19 heavy (non-hydrogen) atoms. The van der Waals surface area contributed by atoms with E-state index in [1.54, 1.807) is 5.57 Å². The third kappa shape index (κ3) is 5.27. The van der Waals surface area contributed by atoms with E-state index in [1.807, 2.05) is 0 Å². The normalized spacial score (nSPS) is 25.0. The molecule has 2 nitrogen and oxygen atoms in total. The Morgan fingerprint density at radius 2 is 1.68 bits per heavy atom. The fraction of sp³-hybridized carbons (Fsp3) is 0.882. The van der Waals surface area contributed by atoms with Crippen molar-refractivity contribution in [3.8, 4) is 0 Å². The van der Waals surface area contributed by atoms with Crippen LogP contribution in [-0.2, 0) is 0 Å². The van der Waals surface area contributed by atoms with E-state index in [-0.39, 0.29) is 0 Å². The number of hydrazine groups is 1. The monoisotopic (exact) mass is 264 g/mol. The van der Waals surface area contributed by atoms with Crippen molar-refractivity contribution in [2.75, 3.05) is 0 Å². The SMILES string of the molecule is NNC(CC1CCCCCC1)C1=CCCCCCC1. The van der Waals surface area contributed by atoms with Gasteiger partial charge in [0.05, 0.1) is 0 Å². The number of nitrogens with one attached hydrogen (secondary N) is 1. The molecule has 2 heteroatoms. The molecule has 0 aliphatic heterocycles. The topological polar surface area (TPSA) is 38.0 Å². The van der Waals surface area contributed by atoms with E-state index in [9.17, 15) is 0 Å². The molecule has 3 N–H and O–H groups in total. The lowest BCUT2D eigenvalue weighted by atomic mass is 9.86. The van der Waals surface area contributed by atoms with E-state index >= 15 is 0 Å². The molecule has 2 aliphatic rings. The van der Waals surface area contributed by atoms with E-state index in [0.29, 0.717) is 6.04 Å². The molecule has 0 radical (unpaired) electrons. The maximum atomic E-state index is 5.86. The molecule has 2 aliphatic carbocycles. The highest BCUT2D eigenvalue weighted by Crippen LogP contribution is 2.29. The van der Waals surface area contributed by atoms with Gasteiger partial charge in [-0.3, -0.25) is 11.3 Å². The summed E-state index contributed by atoms with van der Waals surface area (Å²) in [4.78, 5) is 0. The smallest absolute Gasteiger partial charge is 0.0422 e. The van der Waals surface area contributed by atoms with E-state index < -0.39 is 0 Å². The Bertz CT molecular complexity index is 264. The number of hydrogen-bond donors (Lipinski definition) is 2. The average Bonchev–Trinajstić information content (AvgIpc) is 2.65. The second kappa shape index (κ2) is 8.76. The standard InChI is InChI=1S/C17H32N2/c18-19-17(14-15-10-6-4-5-7-11-15)16-12-8-2-1-3-9-13-16/h12,15,17,19H,1-11,13-14,18H2. The summed E-state index contributed by atoms with van der Waals surface area (Å²) in [5, 5.41) is 0. The summed E-state index contributed by atoms with van der Waals surface area (Å²) in [6.07, 6.45) is 20.4. The molecule has 1 fully saturated rings. The average molecular weight is 264 g/mol. The molecular weight excluding hydrogens is 232 g/mol. The molecule has 0 spiro atoms. The summed E-state index contributed by atoms with van der Waals surface area (Å²) in [5.74, 6) is 6.76. The lowest BCUT2D eigenvalue weighted by molar-refractivity contribution is 0.370. The van der Waals surface area contributed by atoms with Crippen LogP contribution in [0.2, 0.25) is 0 Å². The second-order valence-corrected chi connectivity index (χ2v) is 6.54. The fourth-order valence-electron chi connectivity index (χ4n) is 3.79. The van der Waals surface area contributed by atoms with Gasteiger partial charge in [0.2, 0.25) is 0 Å². The Hall–Kier alpha value is -0.340. The predicted molar refractivity (Wildman–Crippen MR) is 82.7 cm³/mol. The number of nitrogens with two attached hydrogens (primary N) is 1. The maximum Gasteiger partial charge on any atom is 0.0422 e. The van der Waals surface area contributed by atoms with E-state index in [1.165, 1.54) is 83.5 Å². The molecule has 1 unspecified atom stereocenters. The largest absolute Gasteiger partial charge is 0.271 e. The summed E-state index contributed by atoms with van der Waals surface area (Å²) in [6.45, 7) is 0. The zero-order valence-electron chi connectivity index (χ0n) is 12.5. The van der Waals surface area contributed by atoms with Crippen molar-refractivity contribution in [3.63, 3.8) is 0 Å². The molecule has 0 aromatic heterocycles. The third-order valence-electron chi connectivity index (χ3n) is 5.02. The number of hydrogen-bond acceptors (Lipinski definition) is 2. The van der Waals surface area contributed by atoms with E-state index in [0.717, 1.165) is 5.92 Å². The van der Waals surface area contributed by atoms with Crippen molar-refractivity contribution >= 4 is 0 Å². The van der Waals surface area contributed by atoms with Crippen LogP contribution in [0.4, 0.5) is 0 Å². The zero-order valence-corrected chi connectivity index (χ0v) is 12.5. The van der Waals surface area contributed by atoms with Gasteiger partial charge in [0, 0.05) is 6.04 Å². The van der Waals surface area contributed by atoms with Gasteiger partial charge in [0.15, 0.2) is 0 Å². The molecule has 1 saturated carbocycles. The Labute approximate surface area is 119 Å². The molecule has 0 aromatic rings. The molecule has 0 amide bonds. The van der Waals surface area contributed by atoms with Gasteiger partial charge in [0.25, 0.3) is 0 Å². The van der Waals surface area contributed by atoms with Crippen LogP contribution in [0.1, 0.15) is 83.5 Å². The molecule has 2 rings (SSSR count). The van der Waals surface area contributed by atoms with Crippen molar-refractivity contribution in [1.82, 2.24) is 5.43 Å². The van der Waals surface area contributed by atoms with Crippen LogP contribution in [0.15, 0.2) is 11.6 Å². The lowest BCUT2D eigenvalue weighted by Crippen LogP contribution is -2.38. The van der Waals surface area contributed by atoms with Crippen molar-refractivity contribution in [2.24, 2.45) is 11.8 Å². The highest BCUT2D eigenvalue weighted by atomic mass is 15.2. The molecule has 0 aromatic carbocycles. The van der Waals surface area contributed by atoms with Crippen LogP contribution in [-0.4, -0.2) is 6.04 Å². The van der Waals surface area contributed by atoms with Gasteiger partial charge in [-0.1, -0.05) is 63.0 Å². The van der Waals surface area contributed by atoms with Gasteiger partial charge < -0.3 is 0 Å². The zero-order chi connectivity index (χ0) is 13.3. The van der Waals surface area contributed by atoms with Gasteiger partial charge in [0.1, 0.15) is 0 Å². The van der Waals surface area contributed by atoms with Crippen LogP contribution in [0.25, 0.3) is 0 Å². The summed E-state index contributed by atoms with van der Waals surface area (Å²) in [7, 11) is 0. The molecular formula is C17H32N2.